The first-order valence-electron chi connectivity index (χ1n) is 10.2. The van der Waals surface area contributed by atoms with Crippen LogP contribution in [0.2, 0.25) is 0 Å². The van der Waals surface area contributed by atoms with Crippen LogP contribution in [0.4, 0.5) is 0 Å². The lowest BCUT2D eigenvalue weighted by Gasteiger charge is -2.24. The average Bonchev–Trinajstić information content (AvgIpc) is 2.83. The SMILES string of the molecule is COc1cc(C)cc2c1C(=C1CCNCC1)c1ncc(C(C)(C)O)cc1CC2. The Kier molecular flexibility index (Phi) is 5.02. The Labute approximate surface area is 167 Å². The molecule has 0 spiro atoms. The summed E-state index contributed by atoms with van der Waals surface area (Å²) in [4.78, 5) is 4.91. The van der Waals surface area contributed by atoms with Crippen LogP contribution < -0.4 is 10.1 Å². The van der Waals surface area contributed by atoms with E-state index in [2.05, 4.69) is 30.4 Å². The number of hydrogen-bond donors (Lipinski definition) is 2. The topological polar surface area (TPSA) is 54.4 Å². The van der Waals surface area contributed by atoms with E-state index in [1.165, 1.54) is 33.4 Å². The van der Waals surface area contributed by atoms with Gasteiger partial charge in [0, 0.05) is 22.9 Å². The molecule has 28 heavy (non-hydrogen) atoms. The number of pyridine rings is 1. The molecule has 4 nitrogen and oxygen atoms in total. The highest BCUT2D eigenvalue weighted by molar-refractivity contribution is 5.87. The minimum Gasteiger partial charge on any atom is -0.496 e. The van der Waals surface area contributed by atoms with Crippen LogP contribution in [0.1, 0.15) is 60.2 Å². The zero-order valence-corrected chi connectivity index (χ0v) is 17.4. The van der Waals surface area contributed by atoms with Crippen molar-refractivity contribution in [1.29, 1.82) is 0 Å². The van der Waals surface area contributed by atoms with Gasteiger partial charge in [-0.2, -0.15) is 0 Å². The quantitative estimate of drug-likeness (QED) is 0.832. The van der Waals surface area contributed by atoms with Gasteiger partial charge in [-0.25, -0.2) is 0 Å². The van der Waals surface area contributed by atoms with Crippen LogP contribution in [0.3, 0.4) is 0 Å². The molecule has 148 valence electrons. The lowest BCUT2D eigenvalue weighted by atomic mass is 9.87. The van der Waals surface area contributed by atoms with Crippen molar-refractivity contribution >= 4 is 5.57 Å². The van der Waals surface area contributed by atoms with E-state index in [9.17, 15) is 5.11 Å². The van der Waals surface area contributed by atoms with Crippen LogP contribution in [-0.4, -0.2) is 30.3 Å². The second-order valence-electron chi connectivity index (χ2n) is 8.52. The Morgan fingerprint density at radius 2 is 1.75 bits per heavy atom. The summed E-state index contributed by atoms with van der Waals surface area (Å²) >= 11 is 0. The van der Waals surface area contributed by atoms with E-state index in [1.807, 2.05) is 20.0 Å². The molecule has 0 amide bonds. The highest BCUT2D eigenvalue weighted by Gasteiger charge is 2.28. The first-order chi connectivity index (χ1) is 13.4. The lowest BCUT2D eigenvalue weighted by molar-refractivity contribution is 0.0781. The van der Waals surface area contributed by atoms with Gasteiger partial charge in [-0.1, -0.05) is 11.6 Å². The molecule has 0 bridgehead atoms. The van der Waals surface area contributed by atoms with E-state index in [4.69, 9.17) is 9.72 Å². The molecule has 1 aliphatic carbocycles. The van der Waals surface area contributed by atoms with Gasteiger partial charge in [-0.05, 0) is 88.4 Å². The summed E-state index contributed by atoms with van der Waals surface area (Å²) in [6.45, 7) is 7.77. The number of benzene rings is 1. The molecule has 1 aromatic heterocycles. The number of aliphatic hydroxyl groups is 1. The average molecular weight is 379 g/mol. The Morgan fingerprint density at radius 1 is 1.04 bits per heavy atom. The summed E-state index contributed by atoms with van der Waals surface area (Å²) in [6, 6.07) is 6.58. The predicted molar refractivity (Wildman–Crippen MR) is 113 cm³/mol. The number of aryl methyl sites for hydroxylation is 3. The number of aromatic nitrogens is 1. The fraction of sp³-hybridized carbons (Fsp3) is 0.458. The normalized spacial score (nSPS) is 17.0. The predicted octanol–water partition coefficient (Wildman–Crippen LogP) is 3.91. The number of methoxy groups -OCH3 is 1. The molecule has 0 unspecified atom stereocenters. The van der Waals surface area contributed by atoms with Crippen LogP contribution in [0.15, 0.2) is 30.0 Å². The second-order valence-corrected chi connectivity index (χ2v) is 8.52. The van der Waals surface area contributed by atoms with Gasteiger partial charge in [0.2, 0.25) is 0 Å². The van der Waals surface area contributed by atoms with Gasteiger partial charge in [0.05, 0.1) is 18.4 Å². The summed E-state index contributed by atoms with van der Waals surface area (Å²) < 4.78 is 5.85. The fourth-order valence-corrected chi connectivity index (χ4v) is 4.44. The van der Waals surface area contributed by atoms with Crippen LogP contribution in [-0.2, 0) is 18.4 Å². The molecule has 1 saturated heterocycles. The number of nitrogens with zero attached hydrogens (tertiary/aromatic N) is 1. The smallest absolute Gasteiger partial charge is 0.127 e. The third-order valence-corrected chi connectivity index (χ3v) is 5.93. The maximum Gasteiger partial charge on any atom is 0.127 e. The van der Waals surface area contributed by atoms with E-state index in [-0.39, 0.29) is 0 Å². The summed E-state index contributed by atoms with van der Waals surface area (Å²) in [6.07, 6.45) is 5.76. The van der Waals surface area contributed by atoms with Gasteiger partial charge >= 0.3 is 0 Å². The van der Waals surface area contributed by atoms with Crippen molar-refractivity contribution in [2.45, 2.75) is 52.1 Å². The van der Waals surface area contributed by atoms with Crippen molar-refractivity contribution in [3.63, 3.8) is 0 Å². The van der Waals surface area contributed by atoms with Crippen molar-refractivity contribution in [3.8, 4) is 5.75 Å². The van der Waals surface area contributed by atoms with E-state index >= 15 is 0 Å². The molecule has 0 atom stereocenters. The Morgan fingerprint density at radius 3 is 2.43 bits per heavy atom. The number of ether oxygens (including phenoxy) is 1. The number of fused-ring (bicyclic) bond motifs is 2. The first-order valence-corrected chi connectivity index (χ1v) is 10.2. The number of nitrogens with one attached hydrogen (secondary N) is 1. The molecule has 2 aromatic rings. The molecular weight excluding hydrogens is 348 g/mol. The maximum atomic E-state index is 10.5. The number of rotatable bonds is 2. The molecule has 0 radical (unpaired) electrons. The monoisotopic (exact) mass is 378 g/mol. The van der Waals surface area contributed by atoms with Gasteiger partial charge in [0.15, 0.2) is 0 Å². The third-order valence-electron chi connectivity index (χ3n) is 5.93. The van der Waals surface area contributed by atoms with Crippen molar-refractivity contribution in [1.82, 2.24) is 10.3 Å². The molecule has 4 rings (SSSR count). The highest BCUT2D eigenvalue weighted by Crippen LogP contribution is 2.42. The molecule has 2 aliphatic rings. The van der Waals surface area contributed by atoms with Crippen LogP contribution in [0.5, 0.6) is 5.75 Å². The van der Waals surface area contributed by atoms with Crippen LogP contribution in [0, 0.1) is 6.92 Å². The summed E-state index contributed by atoms with van der Waals surface area (Å²) in [5, 5.41) is 14.0. The van der Waals surface area contributed by atoms with Gasteiger partial charge in [-0.3, -0.25) is 4.98 Å². The zero-order chi connectivity index (χ0) is 19.9. The number of hydrogen-bond acceptors (Lipinski definition) is 4. The summed E-state index contributed by atoms with van der Waals surface area (Å²) in [5.41, 5.74) is 8.74. The van der Waals surface area contributed by atoms with Crippen molar-refractivity contribution in [2.75, 3.05) is 20.2 Å². The summed E-state index contributed by atoms with van der Waals surface area (Å²) in [5.74, 6) is 0.942. The number of piperidine rings is 1. The second kappa shape index (κ2) is 7.34. The van der Waals surface area contributed by atoms with Crippen LogP contribution in [0.25, 0.3) is 5.57 Å². The first kappa shape index (κ1) is 19.2. The fourth-order valence-electron chi connectivity index (χ4n) is 4.44. The highest BCUT2D eigenvalue weighted by atomic mass is 16.5. The Hall–Kier alpha value is -2.17. The van der Waals surface area contributed by atoms with E-state index in [1.54, 1.807) is 7.11 Å². The molecule has 1 fully saturated rings. The van der Waals surface area contributed by atoms with Gasteiger partial charge in [0.1, 0.15) is 5.75 Å². The van der Waals surface area contributed by atoms with Crippen LogP contribution >= 0.6 is 0 Å². The van der Waals surface area contributed by atoms with Gasteiger partial charge in [-0.15, -0.1) is 0 Å². The Balaban J connectivity index is 1.99. The zero-order valence-electron chi connectivity index (χ0n) is 17.4. The molecule has 1 aliphatic heterocycles. The molecule has 0 saturated carbocycles. The lowest BCUT2D eigenvalue weighted by Crippen LogP contribution is -2.24. The van der Waals surface area contributed by atoms with Gasteiger partial charge < -0.3 is 15.2 Å². The third kappa shape index (κ3) is 3.47. The molecule has 4 heteroatoms. The Bertz CT molecular complexity index is 930. The molecule has 2 N–H and O–H groups in total. The van der Waals surface area contributed by atoms with Crippen molar-refractivity contribution in [3.05, 3.63) is 63.5 Å². The molecule has 2 heterocycles. The van der Waals surface area contributed by atoms with E-state index in [0.29, 0.717) is 0 Å². The standard InChI is InChI=1S/C24H30N2O2/c1-15-11-17-5-6-18-13-19(24(2,3)27)14-26-23(18)22(16-7-9-25-10-8-16)21(17)20(12-15)28-4/h11-14,25,27H,5-10H2,1-4H3. The minimum absolute atomic E-state index is 0.870. The maximum absolute atomic E-state index is 10.5. The molecular formula is C24H30N2O2. The van der Waals surface area contributed by atoms with Crippen molar-refractivity contribution in [2.24, 2.45) is 0 Å². The molecule has 1 aromatic carbocycles. The van der Waals surface area contributed by atoms with Crippen molar-refractivity contribution < 1.29 is 9.84 Å². The summed E-state index contributed by atoms with van der Waals surface area (Å²) in [7, 11) is 1.76. The largest absolute Gasteiger partial charge is 0.496 e. The van der Waals surface area contributed by atoms with E-state index in [0.717, 1.165) is 55.8 Å². The van der Waals surface area contributed by atoms with E-state index < -0.39 is 5.60 Å². The van der Waals surface area contributed by atoms with Gasteiger partial charge in [0.25, 0.3) is 0 Å². The minimum atomic E-state index is -0.891.